The second-order valence-corrected chi connectivity index (χ2v) is 8.39. The molecule has 0 aromatic rings. The summed E-state index contributed by atoms with van der Waals surface area (Å²) in [7, 11) is -2.96. The van der Waals surface area contributed by atoms with Crippen molar-refractivity contribution in [2.75, 3.05) is 18.9 Å². The molecule has 1 N–H and O–H groups in total. The Morgan fingerprint density at radius 1 is 1.21 bits per heavy atom. The molecule has 4 nitrogen and oxygen atoms in total. The fourth-order valence-corrected chi connectivity index (χ4v) is 3.15. The Morgan fingerprint density at radius 2 is 1.84 bits per heavy atom. The molecule has 0 bridgehead atoms. The lowest BCUT2D eigenvalue weighted by Gasteiger charge is -2.29. The average Bonchev–Trinajstić information content (AvgIpc) is 2.37. The molecule has 0 amide bonds. The predicted octanol–water partition coefficient (Wildman–Crippen LogP) is 2.14. The van der Waals surface area contributed by atoms with Crippen molar-refractivity contribution in [3.05, 3.63) is 0 Å². The second kappa shape index (κ2) is 8.22. The molecule has 5 heteroatoms. The van der Waals surface area contributed by atoms with Crippen LogP contribution in [0, 0.1) is 0 Å². The zero-order valence-corrected chi connectivity index (χ0v) is 13.3. The third kappa shape index (κ3) is 6.23. The van der Waals surface area contributed by atoms with Gasteiger partial charge in [0.2, 0.25) is 0 Å². The quantitative estimate of drug-likeness (QED) is 0.744. The lowest BCUT2D eigenvalue weighted by Crippen LogP contribution is -2.36. The Morgan fingerprint density at radius 3 is 2.37 bits per heavy atom. The highest BCUT2D eigenvalue weighted by Crippen LogP contribution is 2.21. The van der Waals surface area contributed by atoms with Gasteiger partial charge in [-0.25, -0.2) is 8.42 Å². The molecule has 19 heavy (non-hydrogen) atoms. The summed E-state index contributed by atoms with van der Waals surface area (Å²) in [6, 6.07) is 0.624. The fraction of sp³-hybridized carbons (Fsp3) is 1.00. The van der Waals surface area contributed by atoms with E-state index < -0.39 is 9.84 Å². The topological polar surface area (TPSA) is 55.4 Å². The van der Waals surface area contributed by atoms with Crippen LogP contribution >= 0.6 is 0 Å². The molecule has 0 saturated heterocycles. The van der Waals surface area contributed by atoms with E-state index in [9.17, 15) is 8.42 Å². The molecule has 1 fully saturated rings. The monoisotopic (exact) mass is 291 g/mol. The van der Waals surface area contributed by atoms with Gasteiger partial charge in [0.25, 0.3) is 0 Å². The van der Waals surface area contributed by atoms with E-state index in [-0.39, 0.29) is 17.1 Å². The molecule has 0 aromatic heterocycles. The van der Waals surface area contributed by atoms with Crippen molar-refractivity contribution >= 4 is 9.84 Å². The van der Waals surface area contributed by atoms with Gasteiger partial charge in [-0.1, -0.05) is 6.92 Å². The zero-order valence-electron chi connectivity index (χ0n) is 12.5. The van der Waals surface area contributed by atoms with Crippen molar-refractivity contribution in [2.45, 2.75) is 70.3 Å². The lowest BCUT2D eigenvalue weighted by molar-refractivity contribution is 0.0314. The largest absolute Gasteiger partial charge is 0.377 e. The second-order valence-electron chi connectivity index (χ2n) is 5.71. The summed E-state index contributed by atoms with van der Waals surface area (Å²) in [5.41, 5.74) is 0. The predicted molar refractivity (Wildman–Crippen MR) is 79.2 cm³/mol. The van der Waals surface area contributed by atoms with Gasteiger partial charge in [-0.2, -0.15) is 0 Å². The molecule has 0 aromatic carbocycles. The minimum atomic E-state index is -2.96. The summed E-state index contributed by atoms with van der Waals surface area (Å²) < 4.78 is 29.0. The number of nitrogens with one attached hydrogen (secondary N) is 1. The minimum absolute atomic E-state index is 0.151. The van der Waals surface area contributed by atoms with Crippen LogP contribution in [0.5, 0.6) is 0 Å². The van der Waals surface area contributed by atoms with Crippen LogP contribution in [-0.4, -0.2) is 44.7 Å². The van der Waals surface area contributed by atoms with Crippen molar-refractivity contribution in [1.82, 2.24) is 5.32 Å². The smallest absolute Gasteiger partial charge is 0.154 e. The van der Waals surface area contributed by atoms with E-state index >= 15 is 0 Å². The SMILES string of the molecule is CCCNC1CCC(OCCS(=O)(=O)C(C)C)CC1. The first kappa shape index (κ1) is 16.9. The molecule has 0 unspecified atom stereocenters. The van der Waals surface area contributed by atoms with Crippen LogP contribution in [0.25, 0.3) is 0 Å². The Kier molecular flexibility index (Phi) is 7.32. The van der Waals surface area contributed by atoms with E-state index in [1.165, 1.54) is 6.42 Å². The van der Waals surface area contributed by atoms with Gasteiger partial charge in [-0.3, -0.25) is 0 Å². The number of sulfone groups is 1. The van der Waals surface area contributed by atoms with E-state index in [0.29, 0.717) is 12.6 Å². The molecule has 1 saturated carbocycles. The van der Waals surface area contributed by atoms with E-state index in [2.05, 4.69) is 12.2 Å². The van der Waals surface area contributed by atoms with E-state index in [4.69, 9.17) is 4.74 Å². The van der Waals surface area contributed by atoms with Crippen molar-refractivity contribution in [1.29, 1.82) is 0 Å². The minimum Gasteiger partial charge on any atom is -0.377 e. The molecule has 114 valence electrons. The van der Waals surface area contributed by atoms with Crippen LogP contribution in [0.3, 0.4) is 0 Å². The first-order valence-corrected chi connectivity index (χ1v) is 9.23. The molecule has 0 aliphatic heterocycles. The number of hydrogen-bond acceptors (Lipinski definition) is 4. The third-order valence-electron chi connectivity index (χ3n) is 3.80. The van der Waals surface area contributed by atoms with Gasteiger partial charge >= 0.3 is 0 Å². The van der Waals surface area contributed by atoms with Gasteiger partial charge in [-0.05, 0) is 52.5 Å². The van der Waals surface area contributed by atoms with E-state index in [0.717, 1.165) is 32.2 Å². The average molecular weight is 291 g/mol. The van der Waals surface area contributed by atoms with Crippen molar-refractivity contribution < 1.29 is 13.2 Å². The molecular formula is C14H29NO3S. The van der Waals surface area contributed by atoms with Crippen LogP contribution in [0.15, 0.2) is 0 Å². The molecule has 0 radical (unpaired) electrons. The van der Waals surface area contributed by atoms with Gasteiger partial charge < -0.3 is 10.1 Å². The highest BCUT2D eigenvalue weighted by molar-refractivity contribution is 7.91. The summed E-state index contributed by atoms with van der Waals surface area (Å²) in [6.07, 6.45) is 5.79. The first-order valence-electron chi connectivity index (χ1n) is 7.52. The van der Waals surface area contributed by atoms with Crippen LogP contribution in [0.2, 0.25) is 0 Å². The van der Waals surface area contributed by atoms with Crippen LogP contribution in [-0.2, 0) is 14.6 Å². The van der Waals surface area contributed by atoms with E-state index in [1.807, 2.05) is 0 Å². The number of ether oxygens (including phenoxy) is 1. The maximum atomic E-state index is 11.7. The molecular weight excluding hydrogens is 262 g/mol. The Balaban J connectivity index is 2.16. The molecule has 0 heterocycles. The number of hydrogen-bond donors (Lipinski definition) is 1. The number of rotatable bonds is 8. The van der Waals surface area contributed by atoms with Crippen molar-refractivity contribution in [3.63, 3.8) is 0 Å². The summed E-state index contributed by atoms with van der Waals surface area (Å²) in [5, 5.41) is 3.23. The summed E-state index contributed by atoms with van der Waals surface area (Å²) in [4.78, 5) is 0. The normalized spacial score (nSPS) is 24.8. The maximum Gasteiger partial charge on any atom is 0.154 e. The first-order chi connectivity index (χ1) is 8.95. The van der Waals surface area contributed by atoms with Gasteiger partial charge in [0.1, 0.15) is 0 Å². The summed E-state index contributed by atoms with van der Waals surface area (Å²) in [5.74, 6) is 0.151. The highest BCUT2D eigenvalue weighted by Gasteiger charge is 2.22. The van der Waals surface area contributed by atoms with Crippen LogP contribution in [0.4, 0.5) is 0 Å². The van der Waals surface area contributed by atoms with Crippen LogP contribution in [0.1, 0.15) is 52.9 Å². The van der Waals surface area contributed by atoms with Gasteiger partial charge in [-0.15, -0.1) is 0 Å². The van der Waals surface area contributed by atoms with Gasteiger partial charge in [0.15, 0.2) is 9.84 Å². The standard InChI is InChI=1S/C14H29NO3S/c1-4-9-15-13-5-7-14(8-6-13)18-10-11-19(16,17)12(2)3/h12-15H,4-11H2,1-3H3. The van der Waals surface area contributed by atoms with Crippen molar-refractivity contribution in [3.8, 4) is 0 Å². The third-order valence-corrected chi connectivity index (χ3v) is 5.97. The molecule has 1 rings (SSSR count). The molecule has 0 spiro atoms. The van der Waals surface area contributed by atoms with E-state index in [1.54, 1.807) is 13.8 Å². The van der Waals surface area contributed by atoms with Crippen molar-refractivity contribution in [2.24, 2.45) is 0 Å². The molecule has 1 aliphatic rings. The summed E-state index contributed by atoms with van der Waals surface area (Å²) >= 11 is 0. The fourth-order valence-electron chi connectivity index (χ4n) is 2.35. The maximum absolute atomic E-state index is 11.7. The molecule has 0 atom stereocenters. The Hall–Kier alpha value is -0.130. The lowest BCUT2D eigenvalue weighted by atomic mass is 9.93. The Bertz CT molecular complexity index is 333. The summed E-state index contributed by atoms with van der Waals surface area (Å²) in [6.45, 7) is 7.05. The Labute approximate surface area is 118 Å². The highest BCUT2D eigenvalue weighted by atomic mass is 32.2. The molecule has 1 aliphatic carbocycles. The van der Waals surface area contributed by atoms with Gasteiger partial charge in [0, 0.05) is 6.04 Å². The zero-order chi connectivity index (χ0) is 14.3. The van der Waals surface area contributed by atoms with Gasteiger partial charge in [0.05, 0.1) is 23.7 Å². The van der Waals surface area contributed by atoms with Crippen LogP contribution < -0.4 is 5.32 Å².